The van der Waals surface area contributed by atoms with E-state index in [-0.39, 0.29) is 15.8 Å². The van der Waals surface area contributed by atoms with Gasteiger partial charge < -0.3 is 0 Å². The van der Waals surface area contributed by atoms with E-state index in [1.54, 1.807) is 0 Å². The summed E-state index contributed by atoms with van der Waals surface area (Å²) >= 11 is 0. The van der Waals surface area contributed by atoms with Crippen molar-refractivity contribution in [3.8, 4) is 0 Å². The third-order valence-corrected chi connectivity index (χ3v) is 8.52. The third-order valence-electron chi connectivity index (χ3n) is 5.17. The fourth-order valence-electron chi connectivity index (χ4n) is 3.49. The van der Waals surface area contributed by atoms with Gasteiger partial charge in [0.25, 0.3) is 0 Å². The first kappa shape index (κ1) is 19.8. The summed E-state index contributed by atoms with van der Waals surface area (Å²) in [5.74, 6) is 0. The Balaban J connectivity index is 1.66. The molecule has 1 unspecified atom stereocenters. The molecule has 2 saturated heterocycles. The molecule has 0 amide bonds. The highest BCUT2D eigenvalue weighted by atomic mass is 32.2. The van der Waals surface area contributed by atoms with Crippen molar-refractivity contribution in [1.29, 1.82) is 0 Å². The molecule has 1 aromatic carbocycles. The minimum Gasteiger partial charge on any atom is -0.299 e. The standard InChI is InChI=1S/C17H27N3O4S2/c1-15(19-10-2-3-11-19)14-18-25(21,22)16-6-8-17(9-7-16)26(23,24)20-12-4-5-13-20/h6-9,15,18H,2-5,10-14H2,1H3. The van der Waals surface area contributed by atoms with E-state index in [4.69, 9.17) is 0 Å². The molecule has 2 aliphatic heterocycles. The number of likely N-dealkylation sites (tertiary alicyclic amines) is 1. The molecule has 146 valence electrons. The van der Waals surface area contributed by atoms with E-state index < -0.39 is 20.0 Å². The smallest absolute Gasteiger partial charge is 0.243 e. The van der Waals surface area contributed by atoms with Crippen molar-refractivity contribution in [3.63, 3.8) is 0 Å². The van der Waals surface area contributed by atoms with E-state index in [9.17, 15) is 16.8 Å². The van der Waals surface area contributed by atoms with Crippen LogP contribution in [0.25, 0.3) is 0 Å². The minimum atomic E-state index is -3.65. The molecular formula is C17H27N3O4S2. The van der Waals surface area contributed by atoms with Gasteiger partial charge in [-0.15, -0.1) is 0 Å². The molecule has 2 fully saturated rings. The molecule has 1 atom stereocenters. The van der Waals surface area contributed by atoms with Crippen molar-refractivity contribution in [2.45, 2.75) is 48.4 Å². The molecule has 26 heavy (non-hydrogen) atoms. The lowest BCUT2D eigenvalue weighted by molar-refractivity contribution is 0.260. The van der Waals surface area contributed by atoms with Crippen LogP contribution < -0.4 is 4.72 Å². The molecule has 2 heterocycles. The van der Waals surface area contributed by atoms with Crippen LogP contribution in [0.4, 0.5) is 0 Å². The van der Waals surface area contributed by atoms with Crippen molar-refractivity contribution in [2.75, 3.05) is 32.7 Å². The van der Waals surface area contributed by atoms with Crippen molar-refractivity contribution < 1.29 is 16.8 Å². The predicted octanol–water partition coefficient (Wildman–Crippen LogP) is 1.23. The van der Waals surface area contributed by atoms with Crippen LogP contribution in [0.15, 0.2) is 34.1 Å². The Bertz CT molecular complexity index is 810. The highest BCUT2D eigenvalue weighted by Gasteiger charge is 2.27. The zero-order valence-electron chi connectivity index (χ0n) is 15.1. The van der Waals surface area contributed by atoms with Gasteiger partial charge in [-0.2, -0.15) is 4.31 Å². The lowest BCUT2D eigenvalue weighted by Gasteiger charge is -2.23. The van der Waals surface area contributed by atoms with Crippen molar-refractivity contribution in [2.24, 2.45) is 0 Å². The summed E-state index contributed by atoms with van der Waals surface area (Å²) in [6, 6.07) is 5.64. The summed E-state index contributed by atoms with van der Waals surface area (Å²) in [5.41, 5.74) is 0. The molecule has 0 bridgehead atoms. The van der Waals surface area contributed by atoms with E-state index in [0.29, 0.717) is 19.6 Å². The average molecular weight is 402 g/mol. The van der Waals surface area contributed by atoms with Crippen LogP contribution in [0.5, 0.6) is 0 Å². The number of benzene rings is 1. The molecule has 0 spiro atoms. The van der Waals surface area contributed by atoms with Crippen molar-refractivity contribution in [3.05, 3.63) is 24.3 Å². The van der Waals surface area contributed by atoms with Crippen LogP contribution >= 0.6 is 0 Å². The molecule has 0 aliphatic carbocycles. The van der Waals surface area contributed by atoms with Crippen molar-refractivity contribution in [1.82, 2.24) is 13.9 Å². The van der Waals surface area contributed by atoms with Gasteiger partial charge in [0.05, 0.1) is 9.79 Å². The molecule has 3 rings (SSSR count). The highest BCUT2D eigenvalue weighted by Crippen LogP contribution is 2.22. The van der Waals surface area contributed by atoms with Gasteiger partial charge in [-0.1, -0.05) is 0 Å². The molecule has 7 nitrogen and oxygen atoms in total. The van der Waals surface area contributed by atoms with E-state index >= 15 is 0 Å². The molecule has 9 heteroatoms. The van der Waals surface area contributed by atoms with Crippen LogP contribution in [0.2, 0.25) is 0 Å². The van der Waals surface area contributed by atoms with E-state index in [0.717, 1.165) is 38.8 Å². The monoisotopic (exact) mass is 401 g/mol. The topological polar surface area (TPSA) is 86.8 Å². The number of rotatable bonds is 7. The lowest BCUT2D eigenvalue weighted by Crippen LogP contribution is -2.40. The number of nitrogens with zero attached hydrogens (tertiary/aromatic N) is 2. The fourth-order valence-corrected chi connectivity index (χ4v) is 6.13. The fraction of sp³-hybridized carbons (Fsp3) is 0.647. The minimum absolute atomic E-state index is 0.0893. The Morgan fingerprint density at radius 2 is 1.38 bits per heavy atom. The Kier molecular flexibility index (Phi) is 6.03. The van der Waals surface area contributed by atoms with Gasteiger partial charge in [0.2, 0.25) is 20.0 Å². The van der Waals surface area contributed by atoms with Crippen LogP contribution in [0, 0.1) is 0 Å². The number of hydrogen-bond donors (Lipinski definition) is 1. The molecule has 0 aromatic heterocycles. The largest absolute Gasteiger partial charge is 0.299 e. The van der Waals surface area contributed by atoms with E-state index in [2.05, 4.69) is 9.62 Å². The number of hydrogen-bond acceptors (Lipinski definition) is 5. The molecule has 0 saturated carbocycles. The second-order valence-electron chi connectivity index (χ2n) is 7.03. The Morgan fingerprint density at radius 3 is 1.96 bits per heavy atom. The molecule has 1 N–H and O–H groups in total. The van der Waals surface area contributed by atoms with Gasteiger partial charge >= 0.3 is 0 Å². The number of nitrogens with one attached hydrogen (secondary N) is 1. The Labute approximate surface area is 156 Å². The first-order valence-electron chi connectivity index (χ1n) is 9.15. The summed E-state index contributed by atoms with van der Waals surface area (Å²) < 4.78 is 54.1. The summed E-state index contributed by atoms with van der Waals surface area (Å²) in [6.07, 6.45) is 4.05. The SMILES string of the molecule is CC(CNS(=O)(=O)c1ccc(S(=O)(=O)N2CCCC2)cc1)N1CCCC1. The van der Waals surface area contributed by atoms with Gasteiger partial charge in [-0.3, -0.25) is 4.90 Å². The molecular weight excluding hydrogens is 374 g/mol. The Morgan fingerprint density at radius 1 is 0.885 bits per heavy atom. The first-order valence-corrected chi connectivity index (χ1v) is 12.1. The summed E-state index contributed by atoms with van der Waals surface area (Å²) in [5, 5.41) is 0. The number of sulfonamides is 2. The zero-order valence-corrected chi connectivity index (χ0v) is 16.7. The van der Waals surface area contributed by atoms with Crippen LogP contribution in [-0.2, 0) is 20.0 Å². The maximum absolute atomic E-state index is 12.5. The first-order chi connectivity index (χ1) is 12.3. The van der Waals surface area contributed by atoms with E-state index in [1.807, 2.05) is 6.92 Å². The maximum atomic E-state index is 12.5. The quantitative estimate of drug-likeness (QED) is 0.743. The summed E-state index contributed by atoms with van der Waals surface area (Å²) in [7, 11) is -7.18. The van der Waals surface area contributed by atoms with Gasteiger partial charge in [0.1, 0.15) is 0 Å². The van der Waals surface area contributed by atoms with E-state index in [1.165, 1.54) is 28.6 Å². The second-order valence-corrected chi connectivity index (χ2v) is 10.7. The maximum Gasteiger partial charge on any atom is 0.243 e. The summed E-state index contributed by atoms with van der Waals surface area (Å²) in [6.45, 7) is 5.42. The van der Waals surface area contributed by atoms with Crippen LogP contribution in [-0.4, -0.2) is 64.8 Å². The van der Waals surface area contributed by atoms with Gasteiger partial charge in [0, 0.05) is 25.7 Å². The third kappa shape index (κ3) is 4.28. The Hall–Kier alpha value is -1.00. The average Bonchev–Trinajstić information content (AvgIpc) is 3.33. The zero-order chi connectivity index (χ0) is 18.8. The van der Waals surface area contributed by atoms with Gasteiger partial charge in [-0.25, -0.2) is 21.6 Å². The molecule has 1 aromatic rings. The highest BCUT2D eigenvalue weighted by molar-refractivity contribution is 7.89. The lowest BCUT2D eigenvalue weighted by atomic mass is 10.3. The molecule has 0 radical (unpaired) electrons. The predicted molar refractivity (Wildman–Crippen MR) is 99.9 cm³/mol. The van der Waals surface area contributed by atoms with Crippen molar-refractivity contribution >= 4 is 20.0 Å². The summed E-state index contributed by atoms with van der Waals surface area (Å²) in [4.78, 5) is 2.50. The second kappa shape index (κ2) is 7.93. The van der Waals surface area contributed by atoms with Gasteiger partial charge in [0.15, 0.2) is 0 Å². The van der Waals surface area contributed by atoms with Crippen LogP contribution in [0.1, 0.15) is 32.6 Å². The normalized spacial score (nSPS) is 21.3. The van der Waals surface area contributed by atoms with Crippen LogP contribution in [0.3, 0.4) is 0 Å². The van der Waals surface area contributed by atoms with Gasteiger partial charge in [-0.05, 0) is 70.0 Å². The molecule has 2 aliphatic rings.